The lowest BCUT2D eigenvalue weighted by atomic mass is 9.90. The van der Waals surface area contributed by atoms with Crippen LogP contribution in [0.1, 0.15) is 29.3 Å². The summed E-state index contributed by atoms with van der Waals surface area (Å²) < 4.78 is 18.4. The van der Waals surface area contributed by atoms with Crippen molar-refractivity contribution in [2.24, 2.45) is 5.92 Å². The number of carbonyl (C=O) groups excluding carboxylic acids is 1. The Bertz CT molecular complexity index is 948. The number of benzene rings is 2. The Hall–Kier alpha value is -2.53. The predicted molar refractivity (Wildman–Crippen MR) is 106 cm³/mol. The third kappa shape index (κ3) is 3.06. The summed E-state index contributed by atoms with van der Waals surface area (Å²) in [6, 6.07) is 13.3. The fourth-order valence-electron chi connectivity index (χ4n) is 3.36. The van der Waals surface area contributed by atoms with Crippen molar-refractivity contribution >= 4 is 21.9 Å². The second-order valence-corrected chi connectivity index (χ2v) is 7.61. The minimum absolute atomic E-state index is 0.327. The van der Waals surface area contributed by atoms with Gasteiger partial charge in [0, 0.05) is 15.6 Å². The standard InChI is InChI=1S/C22H19BrO4/c1-14-8-10-16(11-9-14)22(15-6-4-3-5-7-15)26-19-13-17(23)12-18(20(19)27-22)21(24)25-2/h3-8,10-14H,9H2,1-2H3/t14?,22-/m0/s1. The average molecular weight is 427 g/mol. The van der Waals surface area contributed by atoms with Crippen LogP contribution in [0.4, 0.5) is 0 Å². The number of halogens is 1. The van der Waals surface area contributed by atoms with Gasteiger partial charge in [-0.25, -0.2) is 4.79 Å². The molecule has 1 aliphatic carbocycles. The Morgan fingerprint density at radius 1 is 1.22 bits per heavy atom. The second-order valence-electron chi connectivity index (χ2n) is 6.69. The summed E-state index contributed by atoms with van der Waals surface area (Å²) in [6.07, 6.45) is 7.22. The summed E-state index contributed by atoms with van der Waals surface area (Å²) in [5, 5.41) is 0. The van der Waals surface area contributed by atoms with E-state index in [0.717, 1.165) is 22.0 Å². The summed E-state index contributed by atoms with van der Waals surface area (Å²) >= 11 is 3.44. The molecular weight excluding hydrogens is 408 g/mol. The van der Waals surface area contributed by atoms with Gasteiger partial charge in [0.25, 0.3) is 0 Å². The van der Waals surface area contributed by atoms with E-state index >= 15 is 0 Å². The first-order valence-corrected chi connectivity index (χ1v) is 9.57. The molecule has 0 saturated carbocycles. The molecular formula is C22H19BrO4. The van der Waals surface area contributed by atoms with Gasteiger partial charge in [0.2, 0.25) is 0 Å². The zero-order valence-electron chi connectivity index (χ0n) is 15.1. The molecule has 0 bridgehead atoms. The number of rotatable bonds is 3. The molecule has 0 amide bonds. The van der Waals surface area contributed by atoms with Crippen molar-refractivity contribution in [3.05, 3.63) is 81.9 Å². The Morgan fingerprint density at radius 2 is 2.00 bits per heavy atom. The van der Waals surface area contributed by atoms with Crippen molar-refractivity contribution in [1.29, 1.82) is 0 Å². The summed E-state index contributed by atoms with van der Waals surface area (Å²) in [4.78, 5) is 12.3. The molecule has 2 atom stereocenters. The molecule has 5 heteroatoms. The molecule has 2 aromatic carbocycles. The van der Waals surface area contributed by atoms with Gasteiger partial charge in [-0.15, -0.1) is 0 Å². The third-order valence-corrected chi connectivity index (χ3v) is 5.23. The lowest BCUT2D eigenvalue weighted by Gasteiger charge is -2.31. The van der Waals surface area contributed by atoms with Crippen molar-refractivity contribution in [1.82, 2.24) is 0 Å². The van der Waals surface area contributed by atoms with Crippen LogP contribution in [0.15, 0.2) is 70.7 Å². The van der Waals surface area contributed by atoms with Gasteiger partial charge >= 0.3 is 11.8 Å². The van der Waals surface area contributed by atoms with E-state index in [0.29, 0.717) is 23.0 Å². The van der Waals surface area contributed by atoms with Gasteiger partial charge in [-0.1, -0.05) is 71.4 Å². The molecule has 1 unspecified atom stereocenters. The average Bonchev–Trinajstić information content (AvgIpc) is 3.08. The normalized spacial score (nSPS) is 23.1. The van der Waals surface area contributed by atoms with Crippen LogP contribution in [-0.4, -0.2) is 13.1 Å². The van der Waals surface area contributed by atoms with Gasteiger partial charge in [-0.3, -0.25) is 0 Å². The minimum atomic E-state index is -1.14. The Kier molecular flexibility index (Phi) is 4.56. The summed E-state index contributed by atoms with van der Waals surface area (Å²) in [6.45, 7) is 2.16. The van der Waals surface area contributed by atoms with Gasteiger partial charge in [-0.05, 0) is 24.5 Å². The van der Waals surface area contributed by atoms with Crippen LogP contribution < -0.4 is 9.47 Å². The minimum Gasteiger partial charge on any atom is -0.465 e. The highest BCUT2D eigenvalue weighted by Crippen LogP contribution is 2.51. The molecule has 0 radical (unpaired) electrons. The first-order valence-electron chi connectivity index (χ1n) is 8.78. The zero-order chi connectivity index (χ0) is 19.0. The van der Waals surface area contributed by atoms with Crippen LogP contribution in [0.2, 0.25) is 0 Å². The van der Waals surface area contributed by atoms with Gasteiger partial charge in [0.05, 0.1) is 7.11 Å². The Labute approximate surface area is 166 Å². The quantitative estimate of drug-likeness (QED) is 0.617. The van der Waals surface area contributed by atoms with E-state index in [1.807, 2.05) is 42.5 Å². The lowest BCUT2D eigenvalue weighted by molar-refractivity contribution is -0.0475. The molecule has 2 aliphatic rings. The first kappa shape index (κ1) is 17.9. The van der Waals surface area contributed by atoms with E-state index in [1.165, 1.54) is 7.11 Å². The van der Waals surface area contributed by atoms with E-state index in [1.54, 1.807) is 6.07 Å². The number of ether oxygens (including phenoxy) is 3. The fourth-order valence-corrected chi connectivity index (χ4v) is 3.80. The molecule has 0 spiro atoms. The molecule has 27 heavy (non-hydrogen) atoms. The molecule has 1 aliphatic heterocycles. The largest absolute Gasteiger partial charge is 0.465 e. The lowest BCUT2D eigenvalue weighted by Crippen LogP contribution is -2.38. The molecule has 0 N–H and O–H groups in total. The van der Waals surface area contributed by atoms with Gasteiger partial charge < -0.3 is 14.2 Å². The zero-order valence-corrected chi connectivity index (χ0v) is 16.7. The predicted octanol–water partition coefficient (Wildman–Crippen LogP) is 5.38. The SMILES string of the molecule is COC(=O)c1cc(Br)cc2c1O[C@](C1=CCC(C)C=C1)(c1ccccc1)O2. The molecule has 4 rings (SSSR count). The van der Waals surface area contributed by atoms with E-state index in [4.69, 9.17) is 14.2 Å². The second kappa shape index (κ2) is 6.89. The number of methoxy groups -OCH3 is 1. The number of hydrogen-bond donors (Lipinski definition) is 0. The van der Waals surface area contributed by atoms with Crippen LogP contribution in [-0.2, 0) is 10.5 Å². The van der Waals surface area contributed by atoms with Crippen LogP contribution in [0, 0.1) is 5.92 Å². The Balaban J connectivity index is 1.87. The van der Waals surface area contributed by atoms with Crippen molar-refractivity contribution in [2.45, 2.75) is 19.1 Å². The van der Waals surface area contributed by atoms with E-state index in [-0.39, 0.29) is 0 Å². The van der Waals surface area contributed by atoms with E-state index in [2.05, 4.69) is 35.0 Å². The molecule has 138 valence electrons. The molecule has 2 aromatic rings. The highest BCUT2D eigenvalue weighted by molar-refractivity contribution is 9.10. The highest BCUT2D eigenvalue weighted by Gasteiger charge is 2.48. The maximum atomic E-state index is 12.3. The summed E-state index contributed by atoms with van der Waals surface area (Å²) in [5.74, 6) is -0.251. The number of allylic oxidation sites excluding steroid dienone is 2. The maximum Gasteiger partial charge on any atom is 0.341 e. The third-order valence-electron chi connectivity index (χ3n) is 4.77. The van der Waals surface area contributed by atoms with Crippen molar-refractivity contribution in [3.63, 3.8) is 0 Å². The number of hydrogen-bond acceptors (Lipinski definition) is 4. The van der Waals surface area contributed by atoms with Crippen molar-refractivity contribution < 1.29 is 19.0 Å². The van der Waals surface area contributed by atoms with Crippen LogP contribution >= 0.6 is 15.9 Å². The van der Waals surface area contributed by atoms with E-state index < -0.39 is 11.8 Å². The molecule has 0 fully saturated rings. The summed E-state index contributed by atoms with van der Waals surface area (Å²) in [7, 11) is 1.35. The maximum absolute atomic E-state index is 12.3. The van der Waals surface area contributed by atoms with Crippen molar-refractivity contribution in [3.8, 4) is 11.5 Å². The molecule has 1 heterocycles. The fraction of sp³-hybridized carbons (Fsp3) is 0.227. The summed E-state index contributed by atoms with van der Waals surface area (Å²) in [5.41, 5.74) is 2.10. The smallest absolute Gasteiger partial charge is 0.341 e. The molecule has 4 nitrogen and oxygen atoms in total. The molecule has 0 aromatic heterocycles. The number of esters is 1. The monoisotopic (exact) mass is 426 g/mol. The van der Waals surface area contributed by atoms with Crippen LogP contribution in [0.5, 0.6) is 11.5 Å². The number of carbonyl (C=O) groups is 1. The first-order chi connectivity index (χ1) is 13.0. The van der Waals surface area contributed by atoms with E-state index in [9.17, 15) is 4.79 Å². The molecule has 0 saturated heterocycles. The van der Waals surface area contributed by atoms with Gasteiger partial charge in [0.1, 0.15) is 5.56 Å². The van der Waals surface area contributed by atoms with Gasteiger partial charge in [-0.2, -0.15) is 0 Å². The van der Waals surface area contributed by atoms with Crippen LogP contribution in [0.25, 0.3) is 0 Å². The van der Waals surface area contributed by atoms with Crippen molar-refractivity contribution in [2.75, 3.05) is 7.11 Å². The highest BCUT2D eigenvalue weighted by atomic mass is 79.9. The topological polar surface area (TPSA) is 44.8 Å². The van der Waals surface area contributed by atoms with Gasteiger partial charge in [0.15, 0.2) is 11.5 Å². The Morgan fingerprint density at radius 3 is 2.67 bits per heavy atom. The van der Waals surface area contributed by atoms with Crippen LogP contribution in [0.3, 0.4) is 0 Å². The number of fused-ring (bicyclic) bond motifs is 1.